The van der Waals surface area contributed by atoms with Crippen molar-refractivity contribution in [3.8, 4) is 5.75 Å². The van der Waals surface area contributed by atoms with Gasteiger partial charge in [-0.1, -0.05) is 25.1 Å². The van der Waals surface area contributed by atoms with Gasteiger partial charge in [0, 0.05) is 29.0 Å². The molecule has 10 nitrogen and oxygen atoms in total. The molecular formula is C28H30N2O8. The van der Waals surface area contributed by atoms with Crippen LogP contribution >= 0.6 is 0 Å². The second-order valence-corrected chi connectivity index (χ2v) is 9.83. The van der Waals surface area contributed by atoms with Crippen molar-refractivity contribution < 1.29 is 33.6 Å². The SMILES string of the molecule is CCc1c(O[C@@H]2OC(C)(C)[C@H](OC)[C@@H](O)[C@H]2O)ccc2cc(NC(=O)c3cc4ccccc4[nH]3)c(=O)oc12. The number of methoxy groups -OCH3 is 1. The molecule has 10 heteroatoms. The van der Waals surface area contributed by atoms with Crippen LogP contribution in [0, 0.1) is 0 Å². The number of aromatic amines is 1. The number of hydrogen-bond donors (Lipinski definition) is 4. The van der Waals surface area contributed by atoms with Crippen LogP contribution in [-0.2, 0) is 15.9 Å². The van der Waals surface area contributed by atoms with Gasteiger partial charge in [-0.3, -0.25) is 4.79 Å². The van der Waals surface area contributed by atoms with E-state index in [4.69, 9.17) is 18.6 Å². The van der Waals surface area contributed by atoms with Gasteiger partial charge in [0.2, 0.25) is 6.29 Å². The molecular weight excluding hydrogens is 492 g/mol. The molecule has 0 bridgehead atoms. The molecule has 1 aliphatic heterocycles. The van der Waals surface area contributed by atoms with Crippen LogP contribution in [0.25, 0.3) is 21.9 Å². The number of aromatic nitrogens is 1. The van der Waals surface area contributed by atoms with E-state index in [9.17, 15) is 19.8 Å². The fraction of sp³-hybridized carbons (Fsp3) is 0.357. The molecule has 38 heavy (non-hydrogen) atoms. The lowest BCUT2D eigenvalue weighted by Gasteiger charge is -2.46. The number of aliphatic hydroxyl groups excluding tert-OH is 2. The van der Waals surface area contributed by atoms with Crippen LogP contribution in [-0.4, -0.2) is 58.4 Å². The summed E-state index contributed by atoms with van der Waals surface area (Å²) in [5, 5.41) is 25.2. The predicted molar refractivity (Wildman–Crippen MR) is 141 cm³/mol. The van der Waals surface area contributed by atoms with E-state index >= 15 is 0 Å². The highest BCUT2D eigenvalue weighted by Gasteiger charge is 2.50. The van der Waals surface area contributed by atoms with Crippen LogP contribution in [0.3, 0.4) is 0 Å². The maximum Gasteiger partial charge on any atom is 0.360 e. The van der Waals surface area contributed by atoms with Gasteiger partial charge in [-0.2, -0.15) is 0 Å². The number of rotatable bonds is 6. The minimum absolute atomic E-state index is 0.00149. The van der Waals surface area contributed by atoms with E-state index < -0.39 is 41.7 Å². The standard InChI is InChI=1S/C28H30N2O8/c1-5-16-20(36-27-22(32)21(31)24(35-4)28(2,3)38-27)11-10-15-13-19(26(34)37-23(15)16)30-25(33)18-12-14-8-6-7-9-17(14)29-18/h6-13,21-22,24,27,29,31-32H,5H2,1-4H3,(H,30,33)/t21-,22+,24+,27+/m0/s1. The number of amides is 1. The second kappa shape index (κ2) is 9.88. The van der Waals surface area contributed by atoms with Gasteiger partial charge < -0.3 is 39.1 Å². The third kappa shape index (κ3) is 4.56. The van der Waals surface area contributed by atoms with Crippen LogP contribution in [0.2, 0.25) is 0 Å². The van der Waals surface area contributed by atoms with Crippen LogP contribution < -0.4 is 15.7 Å². The smallest absolute Gasteiger partial charge is 0.360 e. The number of para-hydroxylation sites is 1. The third-order valence-corrected chi connectivity index (χ3v) is 6.88. The van der Waals surface area contributed by atoms with E-state index in [1.807, 2.05) is 31.2 Å². The summed E-state index contributed by atoms with van der Waals surface area (Å²) < 4.78 is 22.9. The van der Waals surface area contributed by atoms with E-state index in [-0.39, 0.29) is 5.69 Å². The Labute approximate surface area is 218 Å². The molecule has 4 atom stereocenters. The summed E-state index contributed by atoms with van der Waals surface area (Å²) in [6.45, 7) is 5.34. The van der Waals surface area contributed by atoms with Crippen molar-refractivity contribution in [1.29, 1.82) is 0 Å². The Morgan fingerprint density at radius 3 is 2.58 bits per heavy atom. The molecule has 0 saturated carbocycles. The molecule has 1 fully saturated rings. The Bertz CT molecular complexity index is 1520. The van der Waals surface area contributed by atoms with E-state index in [1.54, 1.807) is 38.1 Å². The Balaban J connectivity index is 1.43. The highest BCUT2D eigenvalue weighted by Crippen LogP contribution is 2.35. The lowest BCUT2D eigenvalue weighted by molar-refractivity contribution is -0.306. The van der Waals surface area contributed by atoms with Gasteiger partial charge in [0.05, 0.1) is 5.60 Å². The monoisotopic (exact) mass is 522 g/mol. The lowest BCUT2D eigenvalue weighted by Crippen LogP contribution is -2.63. The lowest BCUT2D eigenvalue weighted by atomic mass is 9.89. The fourth-order valence-corrected chi connectivity index (χ4v) is 4.97. The summed E-state index contributed by atoms with van der Waals surface area (Å²) in [5.41, 5.74) is 0.329. The molecule has 4 aromatic rings. The van der Waals surface area contributed by atoms with Crippen molar-refractivity contribution in [2.45, 2.75) is 57.4 Å². The number of H-pyrrole nitrogens is 1. The van der Waals surface area contributed by atoms with Gasteiger partial charge in [0.15, 0.2) is 0 Å². The third-order valence-electron chi connectivity index (χ3n) is 6.88. The molecule has 0 unspecified atom stereocenters. The van der Waals surface area contributed by atoms with Gasteiger partial charge in [0.1, 0.15) is 41.0 Å². The molecule has 200 valence electrons. The van der Waals surface area contributed by atoms with Crippen LogP contribution in [0.5, 0.6) is 5.75 Å². The molecule has 4 N–H and O–H groups in total. The molecule has 3 heterocycles. The van der Waals surface area contributed by atoms with Crippen molar-refractivity contribution in [3.63, 3.8) is 0 Å². The fourth-order valence-electron chi connectivity index (χ4n) is 4.97. The van der Waals surface area contributed by atoms with Crippen LogP contribution in [0.4, 0.5) is 5.69 Å². The van der Waals surface area contributed by atoms with Crippen molar-refractivity contribution in [2.75, 3.05) is 12.4 Å². The van der Waals surface area contributed by atoms with Gasteiger partial charge >= 0.3 is 5.63 Å². The summed E-state index contributed by atoms with van der Waals surface area (Å²) in [7, 11) is 1.43. The number of carbonyl (C=O) groups excluding carboxylic acids is 1. The summed E-state index contributed by atoms with van der Waals surface area (Å²) in [6.07, 6.45) is -4.11. The number of hydrogen-bond acceptors (Lipinski definition) is 8. The summed E-state index contributed by atoms with van der Waals surface area (Å²) >= 11 is 0. The first-order chi connectivity index (χ1) is 18.1. The molecule has 5 rings (SSSR count). The molecule has 1 aliphatic rings. The normalized spacial score (nSPS) is 23.0. The molecule has 2 aromatic carbocycles. The molecule has 0 radical (unpaired) electrons. The Morgan fingerprint density at radius 1 is 1.11 bits per heavy atom. The minimum Gasteiger partial charge on any atom is -0.462 e. The largest absolute Gasteiger partial charge is 0.462 e. The zero-order valence-electron chi connectivity index (χ0n) is 21.5. The maximum atomic E-state index is 12.8. The average molecular weight is 523 g/mol. The van der Waals surface area contributed by atoms with Crippen molar-refractivity contribution in [2.24, 2.45) is 0 Å². The Morgan fingerprint density at radius 2 is 1.87 bits per heavy atom. The summed E-state index contributed by atoms with van der Waals surface area (Å²) in [4.78, 5) is 28.7. The van der Waals surface area contributed by atoms with E-state index in [1.165, 1.54) is 7.11 Å². The average Bonchev–Trinajstić information content (AvgIpc) is 3.32. The van der Waals surface area contributed by atoms with Gasteiger partial charge in [0.25, 0.3) is 5.91 Å². The first-order valence-electron chi connectivity index (χ1n) is 12.3. The van der Waals surface area contributed by atoms with Gasteiger partial charge in [-0.05, 0) is 50.6 Å². The number of aliphatic hydroxyl groups is 2. The zero-order valence-corrected chi connectivity index (χ0v) is 21.5. The van der Waals surface area contributed by atoms with E-state index in [0.717, 1.165) is 10.9 Å². The van der Waals surface area contributed by atoms with E-state index in [0.29, 0.717) is 34.4 Å². The molecule has 0 spiro atoms. The number of ether oxygens (including phenoxy) is 3. The quantitative estimate of drug-likeness (QED) is 0.282. The van der Waals surface area contributed by atoms with Crippen molar-refractivity contribution in [3.05, 3.63) is 70.2 Å². The predicted octanol–water partition coefficient (Wildman–Crippen LogP) is 3.34. The number of fused-ring (bicyclic) bond motifs is 2. The minimum atomic E-state index is -1.37. The number of carbonyl (C=O) groups is 1. The van der Waals surface area contributed by atoms with Crippen LogP contribution in [0.1, 0.15) is 36.8 Å². The van der Waals surface area contributed by atoms with Crippen molar-refractivity contribution in [1.82, 2.24) is 4.98 Å². The van der Waals surface area contributed by atoms with Gasteiger partial charge in [-0.15, -0.1) is 0 Å². The van der Waals surface area contributed by atoms with Crippen molar-refractivity contribution >= 4 is 33.5 Å². The van der Waals surface area contributed by atoms with E-state index in [2.05, 4.69) is 10.3 Å². The maximum absolute atomic E-state index is 12.8. The number of anilines is 1. The zero-order chi connectivity index (χ0) is 27.2. The summed E-state index contributed by atoms with van der Waals surface area (Å²) in [5.74, 6) is -0.136. The highest BCUT2D eigenvalue weighted by molar-refractivity contribution is 6.06. The number of nitrogens with one attached hydrogen (secondary N) is 2. The van der Waals surface area contributed by atoms with Gasteiger partial charge in [-0.25, -0.2) is 4.79 Å². The summed E-state index contributed by atoms with van der Waals surface area (Å²) in [6, 6.07) is 14.1. The van der Waals surface area contributed by atoms with Crippen LogP contribution in [0.15, 0.2) is 57.7 Å². The first-order valence-corrected chi connectivity index (χ1v) is 12.3. The number of benzene rings is 2. The molecule has 1 amide bonds. The first kappa shape index (κ1) is 25.9. The highest BCUT2D eigenvalue weighted by atomic mass is 16.7. The molecule has 2 aromatic heterocycles. The second-order valence-electron chi connectivity index (χ2n) is 9.83. The molecule has 1 saturated heterocycles. The molecule has 0 aliphatic carbocycles. The Hall–Kier alpha value is -3.70. The number of aryl methyl sites for hydroxylation is 1. The Kier molecular flexibility index (Phi) is 6.74. The topological polar surface area (TPSA) is 143 Å².